The minimum absolute atomic E-state index is 0.00125. The Morgan fingerprint density at radius 3 is 2.90 bits per heavy atom. The highest BCUT2D eigenvalue weighted by molar-refractivity contribution is 7.22. The smallest absolute Gasteiger partial charge is 0.260 e. The number of fused-ring (bicyclic) bond motifs is 2. The molecule has 0 spiro atoms. The van der Waals surface area contributed by atoms with E-state index in [9.17, 15) is 4.79 Å². The minimum atomic E-state index is -0.182. The predicted molar refractivity (Wildman–Crippen MR) is 113 cm³/mol. The summed E-state index contributed by atoms with van der Waals surface area (Å²) in [5.41, 5.74) is 1.31. The summed E-state index contributed by atoms with van der Waals surface area (Å²) in [7, 11) is 0. The highest BCUT2D eigenvalue weighted by atomic mass is 35.5. The van der Waals surface area contributed by atoms with E-state index in [-0.39, 0.29) is 12.0 Å². The fourth-order valence-electron chi connectivity index (χ4n) is 3.61. The van der Waals surface area contributed by atoms with Gasteiger partial charge < -0.3 is 14.2 Å². The Morgan fingerprint density at radius 1 is 1.21 bits per heavy atom. The molecule has 1 fully saturated rings. The molecule has 1 saturated heterocycles. The molecule has 1 unspecified atom stereocenters. The maximum Gasteiger partial charge on any atom is 0.260 e. The average molecular weight is 431 g/mol. The Morgan fingerprint density at radius 2 is 2.07 bits per heavy atom. The molecule has 0 aliphatic carbocycles. The van der Waals surface area contributed by atoms with Gasteiger partial charge in [-0.25, -0.2) is 4.98 Å². The lowest BCUT2D eigenvalue weighted by Gasteiger charge is -2.24. The number of carbonyl (C=O) groups excluding carboxylic acids is 1. The van der Waals surface area contributed by atoms with E-state index in [1.807, 2.05) is 24.3 Å². The third-order valence-corrected chi connectivity index (χ3v) is 6.35. The molecule has 1 atom stereocenters. The van der Waals surface area contributed by atoms with Crippen molar-refractivity contribution in [1.29, 1.82) is 0 Å². The van der Waals surface area contributed by atoms with Crippen LogP contribution in [0.4, 0.5) is 5.13 Å². The van der Waals surface area contributed by atoms with Crippen molar-refractivity contribution in [2.45, 2.75) is 18.9 Å². The number of para-hydroxylation sites is 1. The molecule has 6 nitrogen and oxygen atoms in total. The third-order valence-electron chi connectivity index (χ3n) is 5.01. The molecule has 1 aromatic heterocycles. The molecule has 0 saturated carbocycles. The number of hydrogen-bond donors (Lipinski definition) is 0. The van der Waals surface area contributed by atoms with Crippen molar-refractivity contribution in [3.63, 3.8) is 0 Å². The van der Waals surface area contributed by atoms with E-state index < -0.39 is 0 Å². The van der Waals surface area contributed by atoms with Crippen molar-refractivity contribution in [3.8, 4) is 11.5 Å². The van der Waals surface area contributed by atoms with Crippen LogP contribution in [0.15, 0.2) is 36.4 Å². The summed E-state index contributed by atoms with van der Waals surface area (Å²) < 4.78 is 18.0. The molecular formula is C21H19ClN2O4S. The van der Waals surface area contributed by atoms with Gasteiger partial charge in [-0.3, -0.25) is 9.69 Å². The summed E-state index contributed by atoms with van der Waals surface area (Å²) in [6, 6.07) is 11.2. The van der Waals surface area contributed by atoms with Crippen molar-refractivity contribution in [3.05, 3.63) is 47.0 Å². The van der Waals surface area contributed by atoms with Crippen molar-refractivity contribution >= 4 is 44.2 Å². The van der Waals surface area contributed by atoms with Gasteiger partial charge in [0.2, 0.25) is 0 Å². The lowest BCUT2D eigenvalue weighted by atomic mass is 10.1. The Bertz CT molecular complexity index is 1030. The number of anilines is 1. The van der Waals surface area contributed by atoms with Crippen molar-refractivity contribution < 1.29 is 19.0 Å². The van der Waals surface area contributed by atoms with Crippen LogP contribution >= 0.6 is 22.9 Å². The second kappa shape index (κ2) is 7.82. The van der Waals surface area contributed by atoms with Gasteiger partial charge in [-0.15, -0.1) is 0 Å². The number of carbonyl (C=O) groups is 1. The number of ether oxygens (including phenoxy) is 3. The second-order valence-electron chi connectivity index (χ2n) is 7.00. The van der Waals surface area contributed by atoms with Gasteiger partial charge in [0.15, 0.2) is 16.6 Å². The first-order valence-corrected chi connectivity index (χ1v) is 10.8. The Hall–Kier alpha value is -2.35. The molecule has 2 aromatic carbocycles. The van der Waals surface area contributed by atoms with Crippen LogP contribution in [0, 0.1) is 0 Å². The van der Waals surface area contributed by atoms with Crippen molar-refractivity contribution in [2.24, 2.45) is 0 Å². The molecular weight excluding hydrogens is 412 g/mol. The largest absolute Gasteiger partial charge is 0.486 e. The third kappa shape index (κ3) is 3.66. The van der Waals surface area contributed by atoms with Gasteiger partial charge in [0, 0.05) is 12.2 Å². The van der Waals surface area contributed by atoms with Crippen LogP contribution in [0.25, 0.3) is 10.2 Å². The lowest BCUT2D eigenvalue weighted by molar-refractivity contribution is 0.0916. The number of nitrogens with zero attached hydrogens (tertiary/aromatic N) is 2. The van der Waals surface area contributed by atoms with Gasteiger partial charge in [-0.2, -0.15) is 0 Å². The zero-order valence-electron chi connectivity index (χ0n) is 15.6. The summed E-state index contributed by atoms with van der Waals surface area (Å²) in [6.07, 6.45) is 1.93. The van der Waals surface area contributed by atoms with Gasteiger partial charge >= 0.3 is 0 Å². The van der Waals surface area contributed by atoms with Crippen LogP contribution in [0.3, 0.4) is 0 Å². The van der Waals surface area contributed by atoms with E-state index >= 15 is 0 Å². The zero-order chi connectivity index (χ0) is 19.8. The topological polar surface area (TPSA) is 60.9 Å². The Labute approximate surface area is 177 Å². The molecule has 8 heteroatoms. The van der Waals surface area contributed by atoms with Crippen LogP contribution in [0.2, 0.25) is 5.02 Å². The standard InChI is InChI=1S/C21H19ClN2O4S/c22-15-10-13(11-17-19(15)28-9-8-27-17)20(25)24(12-14-4-3-7-26-14)21-23-16-5-1-2-6-18(16)29-21/h1-2,5-6,10-11,14H,3-4,7-9,12H2. The van der Waals surface area contributed by atoms with Crippen LogP contribution in [-0.2, 0) is 4.74 Å². The maximum absolute atomic E-state index is 13.5. The first kappa shape index (κ1) is 18.7. The zero-order valence-corrected chi connectivity index (χ0v) is 17.2. The summed E-state index contributed by atoms with van der Waals surface area (Å²) in [6.45, 7) is 2.04. The van der Waals surface area contributed by atoms with E-state index in [0.717, 1.165) is 29.7 Å². The van der Waals surface area contributed by atoms with E-state index in [0.29, 0.717) is 47.0 Å². The van der Waals surface area contributed by atoms with E-state index in [4.69, 9.17) is 30.8 Å². The predicted octanol–water partition coefficient (Wildman–Crippen LogP) is 4.55. The van der Waals surface area contributed by atoms with Crippen LogP contribution < -0.4 is 14.4 Å². The SMILES string of the molecule is O=C(c1cc(Cl)c2c(c1)OCCO2)N(CC1CCCO1)c1nc2ccccc2s1. The summed E-state index contributed by atoms with van der Waals surface area (Å²) in [5, 5.41) is 1.02. The molecule has 3 aromatic rings. The summed E-state index contributed by atoms with van der Waals surface area (Å²) in [5.74, 6) is 0.798. The number of thiazole rings is 1. The molecule has 2 aliphatic heterocycles. The Balaban J connectivity index is 1.53. The van der Waals surface area contributed by atoms with Gasteiger partial charge in [-0.1, -0.05) is 35.1 Å². The number of rotatable bonds is 4. The fourth-order valence-corrected chi connectivity index (χ4v) is 4.84. The second-order valence-corrected chi connectivity index (χ2v) is 8.41. The summed E-state index contributed by atoms with van der Waals surface area (Å²) >= 11 is 7.86. The molecule has 1 amide bonds. The number of aromatic nitrogens is 1. The van der Waals surface area contributed by atoms with E-state index in [2.05, 4.69) is 0 Å². The van der Waals surface area contributed by atoms with Crippen LogP contribution in [0.5, 0.6) is 11.5 Å². The van der Waals surface area contributed by atoms with Crippen LogP contribution in [-0.4, -0.2) is 43.4 Å². The van der Waals surface area contributed by atoms with E-state index in [1.165, 1.54) is 11.3 Å². The van der Waals surface area contributed by atoms with Gasteiger partial charge in [-0.05, 0) is 37.1 Å². The maximum atomic E-state index is 13.5. The normalized spacial score (nSPS) is 18.2. The van der Waals surface area contributed by atoms with Crippen LogP contribution in [0.1, 0.15) is 23.2 Å². The van der Waals surface area contributed by atoms with Gasteiger partial charge in [0.25, 0.3) is 5.91 Å². The lowest BCUT2D eigenvalue weighted by Crippen LogP contribution is -2.37. The van der Waals surface area contributed by atoms with Crippen molar-refractivity contribution in [2.75, 3.05) is 31.3 Å². The molecule has 3 heterocycles. The quantitative estimate of drug-likeness (QED) is 0.607. The van der Waals surface area contributed by atoms with Gasteiger partial charge in [0.05, 0.1) is 27.9 Å². The molecule has 150 valence electrons. The molecule has 0 bridgehead atoms. The molecule has 2 aliphatic rings. The molecule has 29 heavy (non-hydrogen) atoms. The molecule has 0 N–H and O–H groups in total. The van der Waals surface area contributed by atoms with Gasteiger partial charge in [0.1, 0.15) is 13.2 Å². The number of halogens is 1. The summed E-state index contributed by atoms with van der Waals surface area (Å²) in [4.78, 5) is 19.9. The first-order chi connectivity index (χ1) is 14.2. The minimum Gasteiger partial charge on any atom is -0.486 e. The average Bonchev–Trinajstić information content (AvgIpc) is 3.41. The number of hydrogen-bond acceptors (Lipinski definition) is 6. The monoisotopic (exact) mass is 430 g/mol. The fraction of sp³-hybridized carbons (Fsp3) is 0.333. The number of amides is 1. The number of benzene rings is 2. The highest BCUT2D eigenvalue weighted by Gasteiger charge is 2.29. The Kier molecular flexibility index (Phi) is 5.03. The first-order valence-electron chi connectivity index (χ1n) is 9.57. The molecule has 0 radical (unpaired) electrons. The van der Waals surface area contributed by atoms with Crippen molar-refractivity contribution in [1.82, 2.24) is 4.98 Å². The highest BCUT2D eigenvalue weighted by Crippen LogP contribution is 2.39. The molecule has 5 rings (SSSR count). The van der Waals surface area contributed by atoms with E-state index in [1.54, 1.807) is 17.0 Å².